The highest BCUT2D eigenvalue weighted by Gasteiger charge is 2.24. The lowest BCUT2D eigenvalue weighted by Gasteiger charge is -2.21. The summed E-state index contributed by atoms with van der Waals surface area (Å²) in [4.78, 5) is 6.91. The van der Waals surface area contributed by atoms with E-state index >= 15 is 0 Å². The van der Waals surface area contributed by atoms with Gasteiger partial charge < -0.3 is 14.6 Å². The zero-order valence-corrected chi connectivity index (χ0v) is 10.9. The molecule has 96 valence electrons. The monoisotopic (exact) mass is 237 g/mol. The van der Waals surface area contributed by atoms with Crippen LogP contribution in [0.25, 0.3) is 0 Å². The summed E-state index contributed by atoms with van der Waals surface area (Å²) in [7, 11) is 1.95. The summed E-state index contributed by atoms with van der Waals surface area (Å²) in [6.07, 6.45) is 6.35. The molecule has 1 atom stereocenters. The van der Waals surface area contributed by atoms with Crippen LogP contribution >= 0.6 is 0 Å². The third kappa shape index (κ3) is 3.30. The third-order valence-electron chi connectivity index (χ3n) is 3.54. The van der Waals surface area contributed by atoms with Crippen LogP contribution < -0.4 is 5.32 Å². The Morgan fingerprint density at radius 2 is 2.47 bits per heavy atom. The van der Waals surface area contributed by atoms with Crippen LogP contribution in [0.5, 0.6) is 0 Å². The molecule has 4 heteroatoms. The van der Waals surface area contributed by atoms with E-state index in [0.29, 0.717) is 6.04 Å². The first-order valence-corrected chi connectivity index (χ1v) is 6.65. The smallest absolute Gasteiger partial charge is 0.195 e. The predicted octanol–water partition coefficient (Wildman–Crippen LogP) is 1.46. The average Bonchev–Trinajstić information content (AvgIpc) is 2.96. The largest absolute Gasteiger partial charge is 0.446 e. The van der Waals surface area contributed by atoms with Gasteiger partial charge in [0.1, 0.15) is 5.76 Å². The first kappa shape index (κ1) is 12.6. The number of likely N-dealkylation sites (tertiary alicyclic amines) is 1. The second-order valence-electron chi connectivity index (χ2n) is 4.70. The van der Waals surface area contributed by atoms with Crippen molar-refractivity contribution in [3.8, 4) is 0 Å². The normalized spacial score (nSPS) is 21.2. The highest BCUT2D eigenvalue weighted by Crippen LogP contribution is 2.20. The number of hydrogen-bond acceptors (Lipinski definition) is 4. The lowest BCUT2D eigenvalue weighted by Crippen LogP contribution is -2.30. The van der Waals surface area contributed by atoms with Gasteiger partial charge in [0.2, 0.25) is 0 Å². The molecule has 2 heterocycles. The van der Waals surface area contributed by atoms with Gasteiger partial charge in [0.25, 0.3) is 0 Å². The van der Waals surface area contributed by atoms with Gasteiger partial charge in [-0.3, -0.25) is 0 Å². The minimum atomic E-state index is 0.635. The van der Waals surface area contributed by atoms with E-state index in [0.717, 1.165) is 37.6 Å². The van der Waals surface area contributed by atoms with Crippen molar-refractivity contribution in [2.45, 2.75) is 38.6 Å². The van der Waals surface area contributed by atoms with E-state index in [9.17, 15) is 0 Å². The highest BCUT2D eigenvalue weighted by atomic mass is 16.4. The van der Waals surface area contributed by atoms with Crippen LogP contribution in [0.3, 0.4) is 0 Å². The van der Waals surface area contributed by atoms with Gasteiger partial charge in [-0.1, -0.05) is 6.92 Å². The SMILES string of the molecule is CCN1CCCC1Cc1ncc(CCNC)o1. The molecule has 0 aromatic carbocycles. The Balaban J connectivity index is 1.87. The Kier molecular flexibility index (Phi) is 4.57. The number of rotatable bonds is 6. The minimum absolute atomic E-state index is 0.635. The molecule has 1 unspecified atom stereocenters. The Bertz CT molecular complexity index is 337. The Morgan fingerprint density at radius 3 is 3.24 bits per heavy atom. The molecule has 1 aliphatic heterocycles. The van der Waals surface area contributed by atoms with Gasteiger partial charge in [-0.05, 0) is 33.0 Å². The molecule has 17 heavy (non-hydrogen) atoms. The van der Waals surface area contributed by atoms with E-state index in [1.54, 1.807) is 0 Å². The molecule has 1 aliphatic rings. The van der Waals surface area contributed by atoms with E-state index in [-0.39, 0.29) is 0 Å². The highest BCUT2D eigenvalue weighted by molar-refractivity contribution is 4.97. The van der Waals surface area contributed by atoms with Crippen LogP contribution in [0.2, 0.25) is 0 Å². The summed E-state index contributed by atoms with van der Waals surface area (Å²) in [6.45, 7) is 5.54. The fourth-order valence-corrected chi connectivity index (χ4v) is 2.55. The molecule has 0 aliphatic carbocycles. The summed E-state index contributed by atoms with van der Waals surface area (Å²) < 4.78 is 5.76. The Hall–Kier alpha value is -0.870. The third-order valence-corrected chi connectivity index (χ3v) is 3.54. The maximum absolute atomic E-state index is 5.76. The second kappa shape index (κ2) is 6.17. The fraction of sp³-hybridized carbons (Fsp3) is 0.769. The number of oxazole rings is 1. The average molecular weight is 237 g/mol. The lowest BCUT2D eigenvalue weighted by molar-refractivity contribution is 0.252. The molecular weight excluding hydrogens is 214 g/mol. The molecule has 1 saturated heterocycles. The van der Waals surface area contributed by atoms with Gasteiger partial charge in [0, 0.05) is 25.4 Å². The van der Waals surface area contributed by atoms with Gasteiger partial charge in [-0.15, -0.1) is 0 Å². The van der Waals surface area contributed by atoms with Crippen molar-refractivity contribution in [1.29, 1.82) is 0 Å². The zero-order valence-electron chi connectivity index (χ0n) is 10.9. The van der Waals surface area contributed by atoms with Gasteiger partial charge in [-0.2, -0.15) is 0 Å². The molecule has 1 N–H and O–H groups in total. The first-order chi connectivity index (χ1) is 8.33. The van der Waals surface area contributed by atoms with Crippen LogP contribution in [-0.4, -0.2) is 42.6 Å². The molecule has 4 nitrogen and oxygen atoms in total. The van der Waals surface area contributed by atoms with Crippen LogP contribution in [0.4, 0.5) is 0 Å². The van der Waals surface area contributed by atoms with Crippen molar-refractivity contribution in [2.75, 3.05) is 26.7 Å². The van der Waals surface area contributed by atoms with Crippen LogP contribution in [0.1, 0.15) is 31.4 Å². The Labute approximate surface area is 103 Å². The molecule has 2 rings (SSSR count). The first-order valence-electron chi connectivity index (χ1n) is 6.65. The number of nitrogens with zero attached hydrogens (tertiary/aromatic N) is 2. The topological polar surface area (TPSA) is 41.3 Å². The van der Waals surface area contributed by atoms with Crippen molar-refractivity contribution in [1.82, 2.24) is 15.2 Å². The number of hydrogen-bond donors (Lipinski definition) is 1. The van der Waals surface area contributed by atoms with Gasteiger partial charge >= 0.3 is 0 Å². The minimum Gasteiger partial charge on any atom is -0.446 e. The van der Waals surface area contributed by atoms with Crippen molar-refractivity contribution in [3.63, 3.8) is 0 Å². The number of nitrogens with one attached hydrogen (secondary N) is 1. The summed E-state index contributed by atoms with van der Waals surface area (Å²) in [5.74, 6) is 1.90. The van der Waals surface area contributed by atoms with Gasteiger partial charge in [-0.25, -0.2) is 4.98 Å². The zero-order chi connectivity index (χ0) is 12.1. The van der Waals surface area contributed by atoms with E-state index < -0.39 is 0 Å². The number of aromatic nitrogens is 1. The summed E-state index contributed by atoms with van der Waals surface area (Å²) in [5, 5.41) is 3.12. The fourth-order valence-electron chi connectivity index (χ4n) is 2.55. The molecule has 1 aromatic heterocycles. The maximum Gasteiger partial charge on any atom is 0.195 e. The summed E-state index contributed by atoms with van der Waals surface area (Å²) in [5.41, 5.74) is 0. The molecule has 0 saturated carbocycles. The van der Waals surface area contributed by atoms with Gasteiger partial charge in [0.05, 0.1) is 6.20 Å². The van der Waals surface area contributed by atoms with E-state index in [1.807, 2.05) is 13.2 Å². The van der Waals surface area contributed by atoms with E-state index in [1.165, 1.54) is 19.4 Å². The molecule has 1 fully saturated rings. The van der Waals surface area contributed by atoms with Crippen LogP contribution in [-0.2, 0) is 12.8 Å². The van der Waals surface area contributed by atoms with Crippen molar-refractivity contribution < 1.29 is 4.42 Å². The van der Waals surface area contributed by atoms with Crippen LogP contribution in [0, 0.1) is 0 Å². The summed E-state index contributed by atoms with van der Waals surface area (Å²) in [6, 6.07) is 0.635. The number of likely N-dealkylation sites (N-methyl/N-ethyl adjacent to an activating group) is 2. The molecule has 0 spiro atoms. The maximum atomic E-state index is 5.76. The quantitative estimate of drug-likeness (QED) is 0.813. The molecule has 0 bridgehead atoms. The standard InChI is InChI=1S/C13H23N3O/c1-3-16-8-4-5-11(16)9-13-15-10-12(17-13)6-7-14-2/h10-11,14H,3-9H2,1-2H3. The lowest BCUT2D eigenvalue weighted by atomic mass is 10.1. The molecule has 1 aromatic rings. The predicted molar refractivity (Wildman–Crippen MR) is 68.1 cm³/mol. The van der Waals surface area contributed by atoms with Crippen molar-refractivity contribution in [2.24, 2.45) is 0 Å². The molecule has 0 radical (unpaired) electrons. The molecule has 0 amide bonds. The second-order valence-corrected chi connectivity index (χ2v) is 4.70. The van der Waals surface area contributed by atoms with Crippen molar-refractivity contribution >= 4 is 0 Å². The van der Waals surface area contributed by atoms with E-state index in [2.05, 4.69) is 22.1 Å². The van der Waals surface area contributed by atoms with Crippen molar-refractivity contribution in [3.05, 3.63) is 17.8 Å². The summed E-state index contributed by atoms with van der Waals surface area (Å²) >= 11 is 0. The molecular formula is C13H23N3O. The van der Waals surface area contributed by atoms with Crippen LogP contribution in [0.15, 0.2) is 10.6 Å². The Morgan fingerprint density at radius 1 is 1.59 bits per heavy atom. The van der Waals surface area contributed by atoms with Gasteiger partial charge in [0.15, 0.2) is 5.89 Å². The van der Waals surface area contributed by atoms with E-state index in [4.69, 9.17) is 4.42 Å².